The average Bonchev–Trinajstić information content (AvgIpc) is 3.34. The summed E-state index contributed by atoms with van der Waals surface area (Å²) in [5, 5.41) is 7.96. The number of aryl methyl sites for hydroxylation is 1. The number of rotatable bonds is 7. The van der Waals surface area contributed by atoms with E-state index < -0.39 is 11.7 Å². The van der Waals surface area contributed by atoms with Gasteiger partial charge in [0, 0.05) is 16.8 Å². The Balaban J connectivity index is 1.38. The fourth-order valence-electron chi connectivity index (χ4n) is 3.04. The number of halogens is 3. The van der Waals surface area contributed by atoms with E-state index in [-0.39, 0.29) is 17.4 Å². The lowest BCUT2D eigenvalue weighted by molar-refractivity contribution is 0.0992. The molecular weight excluding hydrogens is 456 g/mol. The molecule has 0 saturated heterocycles. The van der Waals surface area contributed by atoms with Crippen molar-refractivity contribution in [3.8, 4) is 5.75 Å². The Morgan fingerprint density at radius 2 is 2.00 bits per heavy atom. The summed E-state index contributed by atoms with van der Waals surface area (Å²) in [6.45, 7) is 2.46. The van der Waals surface area contributed by atoms with E-state index in [0.717, 1.165) is 17.3 Å². The number of hydrogen-bond donors (Lipinski definition) is 1. The molecule has 0 bridgehead atoms. The Bertz CT molecular complexity index is 1270. The van der Waals surface area contributed by atoms with Crippen LogP contribution < -0.4 is 10.1 Å². The van der Waals surface area contributed by atoms with E-state index >= 15 is 0 Å². The third-order valence-corrected chi connectivity index (χ3v) is 5.12. The number of nitrogens with zero attached hydrogens (tertiary/aromatic N) is 2. The van der Waals surface area contributed by atoms with Crippen LogP contribution in [0.4, 0.5) is 10.2 Å². The van der Waals surface area contributed by atoms with Crippen molar-refractivity contribution in [2.75, 3.05) is 5.32 Å². The van der Waals surface area contributed by atoms with Crippen molar-refractivity contribution in [3.05, 3.63) is 99.3 Å². The number of nitrogens with one attached hydrogen (secondary N) is 1. The second-order valence-corrected chi connectivity index (χ2v) is 7.89. The summed E-state index contributed by atoms with van der Waals surface area (Å²) < 4.78 is 26.0. The molecule has 32 heavy (non-hydrogen) atoms. The zero-order chi connectivity index (χ0) is 22.7. The van der Waals surface area contributed by atoms with E-state index in [1.807, 2.05) is 31.2 Å². The number of ether oxygens (including phenoxy) is 1. The third-order valence-electron chi connectivity index (χ3n) is 4.59. The van der Waals surface area contributed by atoms with Gasteiger partial charge in [0.05, 0.1) is 11.6 Å². The molecule has 0 radical (unpaired) electrons. The van der Waals surface area contributed by atoms with Crippen molar-refractivity contribution < 1.29 is 18.3 Å². The highest BCUT2D eigenvalue weighted by molar-refractivity contribution is 6.32. The molecule has 164 valence electrons. The molecule has 2 heterocycles. The number of hydrogen-bond acceptors (Lipinski definition) is 4. The first kappa shape index (κ1) is 21.9. The van der Waals surface area contributed by atoms with E-state index in [1.54, 1.807) is 16.8 Å². The molecule has 1 N–H and O–H groups in total. The minimum absolute atomic E-state index is 0.0337. The fourth-order valence-corrected chi connectivity index (χ4v) is 3.47. The molecule has 1 amide bonds. The molecule has 0 spiro atoms. The molecule has 2 aromatic carbocycles. The molecule has 2 aromatic heterocycles. The van der Waals surface area contributed by atoms with Crippen molar-refractivity contribution in [1.82, 2.24) is 9.78 Å². The minimum Gasteiger partial charge on any atom is -0.484 e. The lowest BCUT2D eigenvalue weighted by atomic mass is 10.2. The predicted molar refractivity (Wildman–Crippen MR) is 120 cm³/mol. The summed E-state index contributed by atoms with van der Waals surface area (Å²) in [7, 11) is 0. The Hall–Kier alpha value is -3.29. The predicted octanol–water partition coefficient (Wildman–Crippen LogP) is 6.11. The smallest absolute Gasteiger partial charge is 0.292 e. The molecule has 9 heteroatoms. The van der Waals surface area contributed by atoms with Crippen molar-refractivity contribution in [1.29, 1.82) is 0 Å². The van der Waals surface area contributed by atoms with Gasteiger partial charge in [-0.1, -0.05) is 35.3 Å². The number of amides is 1. The van der Waals surface area contributed by atoms with Gasteiger partial charge in [-0.15, -0.1) is 0 Å². The molecule has 0 saturated carbocycles. The highest BCUT2D eigenvalue weighted by atomic mass is 35.5. The third kappa shape index (κ3) is 5.30. The topological polar surface area (TPSA) is 69.3 Å². The number of benzene rings is 2. The van der Waals surface area contributed by atoms with Crippen LogP contribution in [0.15, 0.2) is 65.1 Å². The van der Waals surface area contributed by atoms with Gasteiger partial charge in [-0.3, -0.25) is 9.48 Å². The number of carbonyl (C=O) groups excluding carboxylic acids is 1. The molecule has 0 aliphatic heterocycles. The standard InChI is InChI=1S/C23H18Cl2FN3O3/c1-14-9-22(28-29(14)12-15-3-2-4-16(24)10-15)27-23(30)21-8-6-18(32-21)13-31-20-7-5-17(26)11-19(20)25/h2-11H,12-13H2,1H3,(H,27,28,30). The van der Waals surface area contributed by atoms with E-state index in [4.69, 9.17) is 32.4 Å². The van der Waals surface area contributed by atoms with E-state index in [2.05, 4.69) is 10.4 Å². The second-order valence-electron chi connectivity index (χ2n) is 7.04. The maximum absolute atomic E-state index is 13.1. The lowest BCUT2D eigenvalue weighted by Crippen LogP contribution is -2.12. The summed E-state index contributed by atoms with van der Waals surface area (Å²) >= 11 is 12.0. The normalized spacial score (nSPS) is 10.9. The minimum atomic E-state index is -0.454. The van der Waals surface area contributed by atoms with Gasteiger partial charge in [-0.25, -0.2) is 4.39 Å². The zero-order valence-electron chi connectivity index (χ0n) is 16.9. The fraction of sp³-hybridized carbons (Fsp3) is 0.130. The Labute approximate surface area is 193 Å². The number of furan rings is 1. The van der Waals surface area contributed by atoms with Crippen LogP contribution in [0, 0.1) is 12.7 Å². The largest absolute Gasteiger partial charge is 0.484 e. The first-order valence-electron chi connectivity index (χ1n) is 9.64. The van der Waals surface area contributed by atoms with Gasteiger partial charge in [0.25, 0.3) is 5.91 Å². The molecular formula is C23H18Cl2FN3O3. The van der Waals surface area contributed by atoms with Gasteiger partial charge in [-0.2, -0.15) is 5.10 Å². The lowest BCUT2D eigenvalue weighted by Gasteiger charge is -2.06. The van der Waals surface area contributed by atoms with E-state index in [1.165, 1.54) is 18.2 Å². The first-order valence-corrected chi connectivity index (χ1v) is 10.4. The quantitative estimate of drug-likeness (QED) is 0.351. The van der Waals surface area contributed by atoms with Gasteiger partial charge < -0.3 is 14.5 Å². The van der Waals surface area contributed by atoms with Gasteiger partial charge in [0.15, 0.2) is 11.6 Å². The number of aromatic nitrogens is 2. The Morgan fingerprint density at radius 1 is 1.16 bits per heavy atom. The van der Waals surface area contributed by atoms with Gasteiger partial charge >= 0.3 is 0 Å². The SMILES string of the molecule is Cc1cc(NC(=O)c2ccc(COc3ccc(F)cc3Cl)o2)nn1Cc1cccc(Cl)c1. The average molecular weight is 474 g/mol. The summed E-state index contributed by atoms with van der Waals surface area (Å²) in [4.78, 5) is 12.5. The Kier molecular flexibility index (Phi) is 6.48. The van der Waals surface area contributed by atoms with E-state index in [9.17, 15) is 9.18 Å². The van der Waals surface area contributed by atoms with Crippen LogP contribution in [0.25, 0.3) is 0 Å². The highest BCUT2D eigenvalue weighted by Gasteiger charge is 2.15. The summed E-state index contributed by atoms with van der Waals surface area (Å²) in [5.41, 5.74) is 1.88. The van der Waals surface area contributed by atoms with Crippen molar-refractivity contribution in [3.63, 3.8) is 0 Å². The highest BCUT2D eigenvalue weighted by Crippen LogP contribution is 2.26. The van der Waals surface area contributed by atoms with Gasteiger partial charge in [0.2, 0.25) is 0 Å². The van der Waals surface area contributed by atoms with Gasteiger partial charge in [-0.05, 0) is 55.0 Å². The molecule has 0 aliphatic carbocycles. The monoisotopic (exact) mass is 473 g/mol. The van der Waals surface area contributed by atoms with Crippen LogP contribution in [0.1, 0.15) is 27.6 Å². The molecule has 0 atom stereocenters. The van der Waals surface area contributed by atoms with Crippen LogP contribution in [-0.2, 0) is 13.2 Å². The zero-order valence-corrected chi connectivity index (χ0v) is 18.5. The van der Waals surface area contributed by atoms with Crippen LogP contribution >= 0.6 is 23.2 Å². The molecule has 0 unspecified atom stereocenters. The number of anilines is 1. The van der Waals surface area contributed by atoms with Crippen LogP contribution in [0.3, 0.4) is 0 Å². The summed E-state index contributed by atoms with van der Waals surface area (Å²) in [6.07, 6.45) is 0. The van der Waals surface area contributed by atoms with Crippen LogP contribution in [-0.4, -0.2) is 15.7 Å². The summed E-state index contributed by atoms with van der Waals surface area (Å²) in [5.74, 6) is 0.347. The molecule has 0 fully saturated rings. The molecule has 6 nitrogen and oxygen atoms in total. The van der Waals surface area contributed by atoms with Crippen LogP contribution in [0.5, 0.6) is 5.75 Å². The first-order chi connectivity index (χ1) is 15.4. The van der Waals surface area contributed by atoms with Crippen molar-refractivity contribution in [2.24, 2.45) is 0 Å². The van der Waals surface area contributed by atoms with Crippen molar-refractivity contribution >= 4 is 34.9 Å². The van der Waals surface area contributed by atoms with Gasteiger partial charge in [0.1, 0.15) is 23.9 Å². The maximum atomic E-state index is 13.1. The molecule has 0 aliphatic rings. The van der Waals surface area contributed by atoms with Crippen molar-refractivity contribution in [2.45, 2.75) is 20.1 Å². The van der Waals surface area contributed by atoms with Crippen LogP contribution in [0.2, 0.25) is 10.0 Å². The molecule has 4 rings (SSSR count). The number of carbonyl (C=O) groups is 1. The second kappa shape index (κ2) is 9.46. The summed E-state index contributed by atoms with van der Waals surface area (Å²) in [6, 6.07) is 16.3. The molecule has 4 aromatic rings. The van der Waals surface area contributed by atoms with E-state index in [0.29, 0.717) is 28.9 Å². The maximum Gasteiger partial charge on any atom is 0.292 e. The Morgan fingerprint density at radius 3 is 2.78 bits per heavy atom.